The first kappa shape index (κ1) is 16.0. The minimum absolute atomic E-state index is 0.00887. The minimum atomic E-state index is -0.603. The van der Waals surface area contributed by atoms with Crippen LogP contribution < -0.4 is 4.90 Å². The molecular formula is C17H23N3O3. The molecule has 0 unspecified atom stereocenters. The highest BCUT2D eigenvalue weighted by atomic mass is 16.5. The highest BCUT2D eigenvalue weighted by Crippen LogP contribution is 2.37. The van der Waals surface area contributed by atoms with E-state index >= 15 is 0 Å². The standard InChI is InChI=1S/C17H23N3O3/c1-2-8-17(12-21)9-10-20(11-14(17)22)16-18-15(19-23-16)13-6-4-3-5-7-13/h3-7,14,21-22H,2,8-12H2,1H3/t14-,17+/m0/s1. The van der Waals surface area contributed by atoms with Crippen LogP contribution in [0.3, 0.4) is 0 Å². The molecule has 2 heterocycles. The van der Waals surface area contributed by atoms with Crippen LogP contribution in [0.15, 0.2) is 34.9 Å². The third-order valence-electron chi connectivity index (χ3n) is 4.76. The van der Waals surface area contributed by atoms with E-state index in [0.29, 0.717) is 31.3 Å². The van der Waals surface area contributed by atoms with Crippen molar-refractivity contribution in [2.75, 3.05) is 24.6 Å². The number of anilines is 1. The molecule has 0 amide bonds. The van der Waals surface area contributed by atoms with E-state index in [1.54, 1.807) is 0 Å². The van der Waals surface area contributed by atoms with Crippen LogP contribution in [0.4, 0.5) is 6.01 Å². The molecule has 23 heavy (non-hydrogen) atoms. The van der Waals surface area contributed by atoms with Crippen LogP contribution in [0.5, 0.6) is 0 Å². The molecule has 0 radical (unpaired) electrons. The highest BCUT2D eigenvalue weighted by molar-refractivity contribution is 5.55. The van der Waals surface area contributed by atoms with E-state index in [4.69, 9.17) is 4.52 Å². The summed E-state index contributed by atoms with van der Waals surface area (Å²) in [5.74, 6) is 0.544. The summed E-state index contributed by atoms with van der Waals surface area (Å²) in [4.78, 5) is 6.33. The van der Waals surface area contributed by atoms with Crippen molar-refractivity contribution in [2.45, 2.75) is 32.3 Å². The lowest BCUT2D eigenvalue weighted by Crippen LogP contribution is -2.53. The molecule has 6 nitrogen and oxygen atoms in total. The molecule has 0 spiro atoms. The van der Waals surface area contributed by atoms with Gasteiger partial charge in [0.15, 0.2) is 0 Å². The van der Waals surface area contributed by atoms with Gasteiger partial charge in [-0.2, -0.15) is 4.98 Å². The summed E-state index contributed by atoms with van der Waals surface area (Å²) in [6.07, 6.45) is 1.86. The topological polar surface area (TPSA) is 82.6 Å². The molecule has 3 rings (SSSR count). The van der Waals surface area contributed by atoms with Crippen molar-refractivity contribution in [3.05, 3.63) is 30.3 Å². The maximum atomic E-state index is 10.5. The molecule has 6 heteroatoms. The lowest BCUT2D eigenvalue weighted by Gasteiger charge is -2.44. The lowest BCUT2D eigenvalue weighted by atomic mass is 9.73. The Hall–Kier alpha value is -1.92. The van der Waals surface area contributed by atoms with Crippen LogP contribution in [0.25, 0.3) is 11.4 Å². The van der Waals surface area contributed by atoms with Crippen molar-refractivity contribution in [1.29, 1.82) is 0 Å². The Morgan fingerprint density at radius 2 is 2.13 bits per heavy atom. The van der Waals surface area contributed by atoms with Crippen LogP contribution >= 0.6 is 0 Å². The Morgan fingerprint density at radius 3 is 2.78 bits per heavy atom. The first-order valence-electron chi connectivity index (χ1n) is 8.11. The van der Waals surface area contributed by atoms with Crippen molar-refractivity contribution < 1.29 is 14.7 Å². The van der Waals surface area contributed by atoms with Gasteiger partial charge < -0.3 is 19.6 Å². The summed E-state index contributed by atoms with van der Waals surface area (Å²) < 4.78 is 5.36. The zero-order chi connectivity index (χ0) is 16.3. The van der Waals surface area contributed by atoms with E-state index < -0.39 is 11.5 Å². The molecule has 1 saturated heterocycles. The van der Waals surface area contributed by atoms with Gasteiger partial charge in [-0.3, -0.25) is 0 Å². The van der Waals surface area contributed by atoms with Gasteiger partial charge in [-0.25, -0.2) is 0 Å². The number of β-amino-alcohol motifs (C(OH)–C–C–N with tert-alkyl or cyclic N) is 1. The fourth-order valence-electron chi connectivity index (χ4n) is 3.29. The molecule has 0 bridgehead atoms. The van der Waals surface area contributed by atoms with Crippen LogP contribution in [0, 0.1) is 5.41 Å². The SMILES string of the molecule is CCC[C@]1(CO)CCN(c2nc(-c3ccccc3)no2)C[C@@H]1O. The molecule has 1 aliphatic heterocycles. The fourth-order valence-corrected chi connectivity index (χ4v) is 3.29. The van der Waals surface area contributed by atoms with Crippen LogP contribution in [-0.4, -0.2) is 46.2 Å². The second-order valence-corrected chi connectivity index (χ2v) is 6.25. The van der Waals surface area contributed by atoms with Gasteiger partial charge in [0.05, 0.1) is 12.7 Å². The maximum Gasteiger partial charge on any atom is 0.324 e. The fraction of sp³-hybridized carbons (Fsp3) is 0.529. The molecule has 124 valence electrons. The Bertz CT molecular complexity index is 631. The number of hydrogen-bond donors (Lipinski definition) is 2. The summed E-state index contributed by atoms with van der Waals surface area (Å²) in [5.41, 5.74) is 0.490. The summed E-state index contributed by atoms with van der Waals surface area (Å²) in [7, 11) is 0. The van der Waals surface area contributed by atoms with E-state index in [1.165, 1.54) is 0 Å². The summed E-state index contributed by atoms with van der Waals surface area (Å²) in [5, 5.41) is 24.3. The minimum Gasteiger partial charge on any atom is -0.396 e. The zero-order valence-corrected chi connectivity index (χ0v) is 13.4. The second kappa shape index (κ2) is 6.68. The molecule has 1 fully saturated rings. The van der Waals surface area contributed by atoms with E-state index in [9.17, 15) is 10.2 Å². The van der Waals surface area contributed by atoms with Crippen molar-refractivity contribution in [3.8, 4) is 11.4 Å². The molecule has 0 aliphatic carbocycles. The van der Waals surface area contributed by atoms with Gasteiger partial charge in [0.25, 0.3) is 0 Å². The van der Waals surface area contributed by atoms with Gasteiger partial charge in [-0.05, 0) is 12.8 Å². The van der Waals surface area contributed by atoms with Gasteiger partial charge in [-0.1, -0.05) is 48.8 Å². The van der Waals surface area contributed by atoms with E-state index in [2.05, 4.69) is 17.1 Å². The van der Waals surface area contributed by atoms with Crippen molar-refractivity contribution in [3.63, 3.8) is 0 Å². The Morgan fingerprint density at radius 1 is 1.35 bits per heavy atom. The van der Waals surface area contributed by atoms with Crippen molar-refractivity contribution in [1.82, 2.24) is 10.1 Å². The number of benzene rings is 1. The van der Waals surface area contributed by atoms with Gasteiger partial charge in [0, 0.05) is 24.1 Å². The van der Waals surface area contributed by atoms with Gasteiger partial charge in [0.2, 0.25) is 5.82 Å². The van der Waals surface area contributed by atoms with E-state index in [1.807, 2.05) is 35.2 Å². The monoisotopic (exact) mass is 317 g/mol. The number of rotatable bonds is 5. The molecule has 1 aliphatic rings. The van der Waals surface area contributed by atoms with E-state index in [-0.39, 0.29) is 6.61 Å². The Balaban J connectivity index is 1.74. The first-order chi connectivity index (χ1) is 11.2. The zero-order valence-electron chi connectivity index (χ0n) is 13.4. The summed E-state index contributed by atoms with van der Waals surface area (Å²) >= 11 is 0. The normalized spacial score (nSPS) is 24.8. The Labute approximate surface area is 135 Å². The van der Waals surface area contributed by atoms with Gasteiger partial charge >= 0.3 is 6.01 Å². The van der Waals surface area contributed by atoms with Gasteiger partial charge in [0.1, 0.15) is 0 Å². The average molecular weight is 317 g/mol. The van der Waals surface area contributed by atoms with Gasteiger partial charge in [-0.15, -0.1) is 0 Å². The molecule has 2 N–H and O–H groups in total. The number of aliphatic hydroxyl groups is 2. The molecule has 2 atom stereocenters. The third kappa shape index (κ3) is 3.09. The van der Waals surface area contributed by atoms with Crippen molar-refractivity contribution in [2.24, 2.45) is 5.41 Å². The first-order valence-corrected chi connectivity index (χ1v) is 8.11. The van der Waals surface area contributed by atoms with Crippen molar-refractivity contribution >= 4 is 6.01 Å². The molecule has 1 aromatic carbocycles. The molecule has 2 aromatic rings. The molecule has 0 saturated carbocycles. The predicted octanol–water partition coefficient (Wildman–Crippen LogP) is 2.09. The smallest absolute Gasteiger partial charge is 0.324 e. The van der Waals surface area contributed by atoms with Crippen LogP contribution in [0.1, 0.15) is 26.2 Å². The van der Waals surface area contributed by atoms with Crippen LogP contribution in [0.2, 0.25) is 0 Å². The second-order valence-electron chi connectivity index (χ2n) is 6.25. The van der Waals surface area contributed by atoms with E-state index in [0.717, 1.165) is 18.4 Å². The number of aliphatic hydroxyl groups excluding tert-OH is 2. The third-order valence-corrected chi connectivity index (χ3v) is 4.76. The largest absolute Gasteiger partial charge is 0.396 e. The highest BCUT2D eigenvalue weighted by Gasteiger charge is 2.42. The number of aromatic nitrogens is 2. The summed E-state index contributed by atoms with van der Waals surface area (Å²) in [6.45, 7) is 3.17. The number of nitrogens with zero attached hydrogens (tertiary/aromatic N) is 3. The predicted molar refractivity (Wildman–Crippen MR) is 87.0 cm³/mol. The quantitative estimate of drug-likeness (QED) is 0.878. The number of hydrogen-bond acceptors (Lipinski definition) is 6. The Kier molecular flexibility index (Phi) is 4.63. The molecule has 1 aromatic heterocycles. The number of piperidine rings is 1. The molecular weight excluding hydrogens is 294 g/mol. The lowest BCUT2D eigenvalue weighted by molar-refractivity contribution is -0.0380. The average Bonchev–Trinajstić information content (AvgIpc) is 3.08. The summed E-state index contributed by atoms with van der Waals surface area (Å²) in [6, 6.07) is 10.1. The maximum absolute atomic E-state index is 10.5. The van der Waals surface area contributed by atoms with Crippen LogP contribution in [-0.2, 0) is 0 Å².